The van der Waals surface area contributed by atoms with Gasteiger partial charge in [-0.1, -0.05) is 17.3 Å². The second-order valence-corrected chi connectivity index (χ2v) is 4.80. The Labute approximate surface area is 133 Å². The zero-order valence-corrected chi connectivity index (χ0v) is 12.0. The molecule has 24 heavy (non-hydrogen) atoms. The lowest BCUT2D eigenvalue weighted by molar-refractivity contribution is -0.137. The molecule has 0 spiro atoms. The van der Waals surface area contributed by atoms with Gasteiger partial charge in [-0.15, -0.1) is 0 Å². The van der Waals surface area contributed by atoms with Gasteiger partial charge in [-0.25, -0.2) is 4.39 Å². The molecule has 0 aliphatic heterocycles. The van der Waals surface area contributed by atoms with Gasteiger partial charge in [0.25, 0.3) is 5.89 Å². The van der Waals surface area contributed by atoms with E-state index >= 15 is 0 Å². The Bertz CT molecular complexity index is 829. The van der Waals surface area contributed by atoms with Crippen molar-refractivity contribution < 1.29 is 26.8 Å². The van der Waals surface area contributed by atoms with Gasteiger partial charge in [-0.3, -0.25) is 0 Å². The van der Waals surface area contributed by atoms with Gasteiger partial charge >= 0.3 is 6.18 Å². The van der Waals surface area contributed by atoms with Crippen LogP contribution in [0.2, 0.25) is 0 Å². The number of hydrogen-bond donors (Lipinski definition) is 0. The third-order valence-electron chi connectivity index (χ3n) is 3.11. The second kappa shape index (κ2) is 6.31. The molecular formula is C16H10F4N2O2. The third kappa shape index (κ3) is 3.53. The van der Waals surface area contributed by atoms with Crippen LogP contribution in [0.4, 0.5) is 17.6 Å². The van der Waals surface area contributed by atoms with Crippen LogP contribution < -0.4 is 4.74 Å². The minimum Gasteiger partial charge on any atom is -0.485 e. The van der Waals surface area contributed by atoms with Crippen molar-refractivity contribution in [1.29, 1.82) is 0 Å². The number of rotatable bonds is 4. The zero-order valence-electron chi connectivity index (χ0n) is 12.0. The number of benzene rings is 2. The maximum Gasteiger partial charge on any atom is 0.417 e. The first-order valence-corrected chi connectivity index (χ1v) is 6.81. The number of halogens is 4. The fourth-order valence-electron chi connectivity index (χ4n) is 2.02. The van der Waals surface area contributed by atoms with E-state index in [0.29, 0.717) is 5.75 Å². The first-order chi connectivity index (χ1) is 11.4. The molecule has 0 aliphatic carbocycles. The van der Waals surface area contributed by atoms with Crippen LogP contribution in [0.5, 0.6) is 5.75 Å². The fourth-order valence-corrected chi connectivity index (χ4v) is 2.02. The molecule has 0 radical (unpaired) electrons. The van der Waals surface area contributed by atoms with Crippen LogP contribution in [0, 0.1) is 5.82 Å². The summed E-state index contributed by atoms with van der Waals surface area (Å²) in [6.07, 6.45) is -4.53. The van der Waals surface area contributed by atoms with Crippen LogP contribution in [0.15, 0.2) is 53.1 Å². The molecule has 0 amide bonds. The summed E-state index contributed by atoms with van der Waals surface area (Å²) in [6, 6.07) is 10.2. The molecule has 0 bridgehead atoms. The Balaban J connectivity index is 1.78. The van der Waals surface area contributed by atoms with Crippen LogP contribution in [0.1, 0.15) is 11.4 Å². The first kappa shape index (κ1) is 16.0. The van der Waals surface area contributed by atoms with Gasteiger partial charge < -0.3 is 9.26 Å². The van der Waals surface area contributed by atoms with Crippen LogP contribution in [-0.2, 0) is 12.8 Å². The molecular weight excluding hydrogens is 328 g/mol. The standard InChI is InChI=1S/C16H10F4N2O2/c17-10-5-7-11(8-6-10)23-9-14-21-15(24-22-14)12-3-1-2-4-13(12)16(18,19)20/h1-8H,9H2. The van der Waals surface area contributed by atoms with E-state index in [2.05, 4.69) is 10.1 Å². The number of nitrogens with zero attached hydrogens (tertiary/aromatic N) is 2. The Kier molecular flexibility index (Phi) is 4.20. The SMILES string of the molecule is Fc1ccc(OCc2noc(-c3ccccc3C(F)(F)F)n2)cc1. The van der Waals surface area contributed by atoms with Gasteiger partial charge in [-0.05, 0) is 36.4 Å². The van der Waals surface area contributed by atoms with Crippen molar-refractivity contribution in [3.63, 3.8) is 0 Å². The molecule has 0 unspecified atom stereocenters. The van der Waals surface area contributed by atoms with Crippen molar-refractivity contribution in [2.75, 3.05) is 0 Å². The molecule has 2 aromatic carbocycles. The van der Waals surface area contributed by atoms with Crippen molar-refractivity contribution in [1.82, 2.24) is 10.1 Å². The number of aromatic nitrogens is 2. The lowest BCUT2D eigenvalue weighted by atomic mass is 10.1. The maximum absolute atomic E-state index is 13.0. The van der Waals surface area contributed by atoms with Crippen LogP contribution in [0.25, 0.3) is 11.5 Å². The van der Waals surface area contributed by atoms with Crippen molar-refractivity contribution >= 4 is 0 Å². The summed E-state index contributed by atoms with van der Waals surface area (Å²) in [5.41, 5.74) is -1.06. The smallest absolute Gasteiger partial charge is 0.417 e. The zero-order chi connectivity index (χ0) is 17.2. The molecule has 0 aliphatic rings. The van der Waals surface area contributed by atoms with E-state index in [0.717, 1.165) is 6.07 Å². The third-order valence-corrected chi connectivity index (χ3v) is 3.11. The van der Waals surface area contributed by atoms with Crippen molar-refractivity contribution in [2.24, 2.45) is 0 Å². The Hall–Kier alpha value is -2.90. The summed E-state index contributed by atoms with van der Waals surface area (Å²) in [5.74, 6) is -0.210. The topological polar surface area (TPSA) is 48.2 Å². The summed E-state index contributed by atoms with van der Waals surface area (Å²) in [7, 11) is 0. The monoisotopic (exact) mass is 338 g/mol. The van der Waals surface area contributed by atoms with E-state index in [1.165, 1.54) is 42.5 Å². The highest BCUT2D eigenvalue weighted by molar-refractivity contribution is 5.59. The van der Waals surface area contributed by atoms with E-state index in [-0.39, 0.29) is 23.9 Å². The van der Waals surface area contributed by atoms with Gasteiger partial charge in [0.2, 0.25) is 5.82 Å². The molecule has 8 heteroatoms. The van der Waals surface area contributed by atoms with Crippen LogP contribution in [-0.4, -0.2) is 10.1 Å². The average Bonchev–Trinajstić information content (AvgIpc) is 3.02. The number of ether oxygens (including phenoxy) is 1. The molecule has 3 rings (SSSR count). The van der Waals surface area contributed by atoms with Crippen molar-refractivity contribution in [2.45, 2.75) is 12.8 Å². The largest absolute Gasteiger partial charge is 0.485 e. The van der Waals surface area contributed by atoms with Crippen molar-refractivity contribution in [3.8, 4) is 17.2 Å². The molecule has 4 nitrogen and oxygen atoms in total. The van der Waals surface area contributed by atoms with Gasteiger partial charge in [0.1, 0.15) is 11.6 Å². The average molecular weight is 338 g/mol. The molecule has 0 fully saturated rings. The van der Waals surface area contributed by atoms with E-state index in [1.807, 2.05) is 0 Å². The van der Waals surface area contributed by atoms with Gasteiger partial charge in [-0.2, -0.15) is 18.2 Å². The number of alkyl halides is 3. The quantitative estimate of drug-likeness (QED) is 0.659. The lowest BCUT2D eigenvalue weighted by Crippen LogP contribution is -2.07. The molecule has 0 atom stereocenters. The molecule has 1 heterocycles. The highest BCUT2D eigenvalue weighted by atomic mass is 19.4. The Morgan fingerprint density at radius 2 is 1.71 bits per heavy atom. The summed E-state index contributed by atoms with van der Waals surface area (Å²) in [4.78, 5) is 3.91. The number of hydrogen-bond acceptors (Lipinski definition) is 4. The summed E-state index contributed by atoms with van der Waals surface area (Å²) in [6.45, 7) is -0.122. The van der Waals surface area contributed by atoms with Gasteiger partial charge in [0, 0.05) is 0 Å². The van der Waals surface area contributed by atoms with Gasteiger partial charge in [0.15, 0.2) is 6.61 Å². The highest BCUT2D eigenvalue weighted by Gasteiger charge is 2.34. The van der Waals surface area contributed by atoms with E-state index in [9.17, 15) is 17.6 Å². The van der Waals surface area contributed by atoms with E-state index in [1.54, 1.807) is 0 Å². The van der Waals surface area contributed by atoms with Crippen LogP contribution in [0.3, 0.4) is 0 Å². The fraction of sp³-hybridized carbons (Fsp3) is 0.125. The van der Waals surface area contributed by atoms with E-state index in [4.69, 9.17) is 9.26 Å². The maximum atomic E-state index is 13.0. The van der Waals surface area contributed by atoms with E-state index < -0.39 is 17.6 Å². The second-order valence-electron chi connectivity index (χ2n) is 4.80. The molecule has 0 N–H and O–H groups in total. The van der Waals surface area contributed by atoms with Crippen LogP contribution >= 0.6 is 0 Å². The molecule has 0 saturated heterocycles. The predicted octanol–water partition coefficient (Wildman–Crippen LogP) is 4.47. The molecule has 3 aromatic rings. The minimum absolute atomic E-state index is 0.0753. The molecule has 0 saturated carbocycles. The lowest BCUT2D eigenvalue weighted by Gasteiger charge is -2.09. The normalized spacial score (nSPS) is 11.5. The molecule has 1 aromatic heterocycles. The Morgan fingerprint density at radius 1 is 1.00 bits per heavy atom. The molecule has 124 valence electrons. The summed E-state index contributed by atoms with van der Waals surface area (Å²) >= 11 is 0. The summed E-state index contributed by atoms with van der Waals surface area (Å²) in [5, 5.41) is 3.60. The minimum atomic E-state index is -4.53. The Morgan fingerprint density at radius 3 is 2.42 bits per heavy atom. The van der Waals surface area contributed by atoms with Gasteiger partial charge in [0.05, 0.1) is 11.1 Å². The summed E-state index contributed by atoms with van der Waals surface area (Å²) < 4.78 is 62.0. The highest BCUT2D eigenvalue weighted by Crippen LogP contribution is 2.36. The first-order valence-electron chi connectivity index (χ1n) is 6.81. The van der Waals surface area contributed by atoms with Crippen molar-refractivity contribution in [3.05, 3.63) is 65.7 Å². The predicted molar refractivity (Wildman–Crippen MR) is 75.5 cm³/mol.